The summed E-state index contributed by atoms with van der Waals surface area (Å²) in [5.41, 5.74) is 0.458. The van der Waals surface area contributed by atoms with E-state index >= 15 is 0 Å². The fraction of sp³-hybridized carbons (Fsp3) is 0.227. The molecule has 0 unspecified atom stereocenters. The molecular formula is C22H20F3N3O2. The SMILES string of the molecule is CC[C@H](C(=O)Nc1ccccc1C(F)(F)F)n1nc(-c2ccc(C)cc2)ccc1=O. The largest absolute Gasteiger partial charge is 0.418 e. The van der Waals surface area contributed by atoms with Crippen LogP contribution < -0.4 is 10.9 Å². The number of carbonyl (C=O) groups is 1. The van der Waals surface area contributed by atoms with Crippen molar-refractivity contribution < 1.29 is 18.0 Å². The average Bonchev–Trinajstić information content (AvgIpc) is 2.70. The minimum absolute atomic E-state index is 0.171. The fourth-order valence-corrected chi connectivity index (χ4v) is 3.05. The van der Waals surface area contributed by atoms with Crippen LogP contribution in [0.2, 0.25) is 0 Å². The van der Waals surface area contributed by atoms with Gasteiger partial charge in [-0.05, 0) is 31.5 Å². The lowest BCUT2D eigenvalue weighted by Gasteiger charge is -2.19. The van der Waals surface area contributed by atoms with Crippen LogP contribution in [0.1, 0.15) is 30.5 Å². The first-order valence-electron chi connectivity index (χ1n) is 9.34. The molecule has 0 bridgehead atoms. The van der Waals surface area contributed by atoms with Crippen LogP contribution in [0.15, 0.2) is 65.5 Å². The fourth-order valence-electron chi connectivity index (χ4n) is 3.05. The van der Waals surface area contributed by atoms with E-state index in [1.165, 1.54) is 24.3 Å². The Morgan fingerprint density at radius 2 is 1.73 bits per heavy atom. The molecule has 1 atom stereocenters. The average molecular weight is 415 g/mol. The number of halogens is 3. The normalized spacial score (nSPS) is 12.4. The molecule has 0 aliphatic rings. The highest BCUT2D eigenvalue weighted by Gasteiger charge is 2.34. The van der Waals surface area contributed by atoms with E-state index in [2.05, 4.69) is 10.4 Å². The van der Waals surface area contributed by atoms with E-state index in [1.807, 2.05) is 31.2 Å². The molecule has 1 N–H and O–H groups in total. The van der Waals surface area contributed by atoms with Crippen molar-refractivity contribution in [3.05, 3.63) is 82.1 Å². The molecule has 0 fully saturated rings. The van der Waals surface area contributed by atoms with E-state index in [1.54, 1.807) is 13.0 Å². The predicted molar refractivity (Wildman–Crippen MR) is 108 cm³/mol. The summed E-state index contributed by atoms with van der Waals surface area (Å²) in [5.74, 6) is -0.746. The van der Waals surface area contributed by atoms with E-state index in [0.717, 1.165) is 21.9 Å². The molecule has 1 amide bonds. The summed E-state index contributed by atoms with van der Waals surface area (Å²) in [6, 6.07) is 13.9. The number of benzene rings is 2. The zero-order chi connectivity index (χ0) is 21.9. The molecule has 8 heteroatoms. The Kier molecular flexibility index (Phi) is 6.05. The first-order valence-corrected chi connectivity index (χ1v) is 9.34. The number of nitrogens with one attached hydrogen (secondary N) is 1. The van der Waals surface area contributed by atoms with Gasteiger partial charge >= 0.3 is 6.18 Å². The van der Waals surface area contributed by atoms with Crippen LogP contribution in [-0.4, -0.2) is 15.7 Å². The maximum absolute atomic E-state index is 13.2. The summed E-state index contributed by atoms with van der Waals surface area (Å²) in [6.07, 6.45) is -4.45. The summed E-state index contributed by atoms with van der Waals surface area (Å²) >= 11 is 0. The van der Waals surface area contributed by atoms with Gasteiger partial charge in [-0.3, -0.25) is 9.59 Å². The van der Waals surface area contributed by atoms with Crippen molar-refractivity contribution in [2.45, 2.75) is 32.5 Å². The predicted octanol–water partition coefficient (Wildman–Crippen LogP) is 4.83. The van der Waals surface area contributed by atoms with Gasteiger partial charge in [0.05, 0.1) is 16.9 Å². The topological polar surface area (TPSA) is 64.0 Å². The van der Waals surface area contributed by atoms with Crippen molar-refractivity contribution in [1.82, 2.24) is 9.78 Å². The van der Waals surface area contributed by atoms with Crippen LogP contribution in [0.3, 0.4) is 0 Å². The first kappa shape index (κ1) is 21.3. The molecule has 3 aromatic rings. The van der Waals surface area contributed by atoms with Crippen molar-refractivity contribution in [1.29, 1.82) is 0 Å². The van der Waals surface area contributed by atoms with Gasteiger partial charge in [0.15, 0.2) is 0 Å². The number of carbonyl (C=O) groups excluding carboxylic acids is 1. The van der Waals surface area contributed by atoms with Crippen molar-refractivity contribution in [3.8, 4) is 11.3 Å². The minimum Gasteiger partial charge on any atom is -0.324 e. The molecular weight excluding hydrogens is 395 g/mol. The molecule has 1 aromatic heterocycles. The Balaban J connectivity index is 1.95. The number of hydrogen-bond acceptors (Lipinski definition) is 3. The molecule has 0 aliphatic heterocycles. The van der Waals surface area contributed by atoms with Gasteiger partial charge in [-0.15, -0.1) is 0 Å². The van der Waals surface area contributed by atoms with E-state index in [4.69, 9.17) is 0 Å². The molecule has 0 aliphatic carbocycles. The standard InChI is InChI=1S/C22H20F3N3O2/c1-3-19(21(30)26-18-7-5-4-6-16(18)22(23,24)25)28-20(29)13-12-17(27-28)15-10-8-14(2)9-11-15/h4-13,19H,3H2,1-2H3,(H,26,30)/t19-/m1/s1. The zero-order valence-electron chi connectivity index (χ0n) is 16.4. The minimum atomic E-state index is -4.62. The van der Waals surface area contributed by atoms with Gasteiger partial charge in [-0.2, -0.15) is 18.3 Å². The Hall–Kier alpha value is -3.42. The molecule has 1 heterocycles. The van der Waals surface area contributed by atoms with Crippen molar-refractivity contribution >= 4 is 11.6 Å². The van der Waals surface area contributed by atoms with E-state index in [9.17, 15) is 22.8 Å². The number of anilines is 1. The van der Waals surface area contributed by atoms with Crippen molar-refractivity contribution in [2.75, 3.05) is 5.32 Å². The van der Waals surface area contributed by atoms with Gasteiger partial charge in [0, 0.05) is 11.6 Å². The smallest absolute Gasteiger partial charge is 0.324 e. The van der Waals surface area contributed by atoms with E-state index in [0.29, 0.717) is 5.69 Å². The number of aromatic nitrogens is 2. The molecule has 2 aromatic carbocycles. The van der Waals surface area contributed by atoms with Crippen LogP contribution in [0.4, 0.5) is 18.9 Å². The number of amides is 1. The molecule has 5 nitrogen and oxygen atoms in total. The Morgan fingerprint density at radius 3 is 2.37 bits per heavy atom. The zero-order valence-corrected chi connectivity index (χ0v) is 16.4. The Labute approximate surface area is 171 Å². The highest BCUT2D eigenvalue weighted by atomic mass is 19.4. The van der Waals surface area contributed by atoms with Gasteiger partial charge < -0.3 is 5.32 Å². The third kappa shape index (κ3) is 4.59. The number of nitrogens with zero attached hydrogens (tertiary/aromatic N) is 2. The number of aryl methyl sites for hydroxylation is 1. The number of rotatable bonds is 5. The molecule has 0 spiro atoms. The number of alkyl halides is 3. The molecule has 156 valence electrons. The lowest BCUT2D eigenvalue weighted by Crippen LogP contribution is -2.35. The second kappa shape index (κ2) is 8.52. The highest BCUT2D eigenvalue weighted by molar-refractivity contribution is 5.94. The molecule has 3 rings (SSSR count). The third-order valence-corrected chi connectivity index (χ3v) is 4.65. The molecule has 0 radical (unpaired) electrons. The summed E-state index contributed by atoms with van der Waals surface area (Å²) < 4.78 is 40.7. The second-order valence-corrected chi connectivity index (χ2v) is 6.82. The van der Waals surface area contributed by atoms with Gasteiger partial charge in [0.25, 0.3) is 5.56 Å². The molecule has 0 saturated carbocycles. The molecule has 30 heavy (non-hydrogen) atoms. The van der Waals surface area contributed by atoms with Crippen molar-refractivity contribution in [2.24, 2.45) is 0 Å². The lowest BCUT2D eigenvalue weighted by molar-refractivity contribution is -0.137. The lowest BCUT2D eigenvalue weighted by atomic mass is 10.1. The van der Waals surface area contributed by atoms with Gasteiger partial charge in [0.2, 0.25) is 5.91 Å². The highest BCUT2D eigenvalue weighted by Crippen LogP contribution is 2.34. The van der Waals surface area contributed by atoms with Crippen LogP contribution >= 0.6 is 0 Å². The Bertz CT molecular complexity index is 1110. The monoisotopic (exact) mass is 415 g/mol. The molecule has 0 saturated heterocycles. The number of hydrogen-bond donors (Lipinski definition) is 1. The van der Waals surface area contributed by atoms with Crippen molar-refractivity contribution in [3.63, 3.8) is 0 Å². The van der Waals surface area contributed by atoms with Gasteiger partial charge in [0.1, 0.15) is 6.04 Å². The van der Waals surface area contributed by atoms with Gasteiger partial charge in [-0.25, -0.2) is 4.68 Å². The maximum atomic E-state index is 13.2. The van der Waals surface area contributed by atoms with E-state index in [-0.39, 0.29) is 12.1 Å². The summed E-state index contributed by atoms with van der Waals surface area (Å²) in [6.45, 7) is 3.60. The van der Waals surface area contributed by atoms with Crippen LogP contribution in [-0.2, 0) is 11.0 Å². The number of para-hydroxylation sites is 1. The first-order chi connectivity index (χ1) is 14.2. The van der Waals surface area contributed by atoms with Crippen LogP contribution in [0, 0.1) is 6.92 Å². The summed E-state index contributed by atoms with van der Waals surface area (Å²) in [5, 5.41) is 6.60. The maximum Gasteiger partial charge on any atom is 0.418 e. The van der Waals surface area contributed by atoms with Crippen LogP contribution in [0.5, 0.6) is 0 Å². The second-order valence-electron chi connectivity index (χ2n) is 6.82. The summed E-state index contributed by atoms with van der Waals surface area (Å²) in [7, 11) is 0. The van der Waals surface area contributed by atoms with E-state index < -0.39 is 29.2 Å². The van der Waals surface area contributed by atoms with Crippen LogP contribution in [0.25, 0.3) is 11.3 Å². The summed E-state index contributed by atoms with van der Waals surface area (Å²) in [4.78, 5) is 25.2. The third-order valence-electron chi connectivity index (χ3n) is 4.65. The Morgan fingerprint density at radius 1 is 1.07 bits per heavy atom. The quantitative estimate of drug-likeness (QED) is 0.649. The van der Waals surface area contributed by atoms with Gasteiger partial charge in [-0.1, -0.05) is 48.9 Å².